The molecule has 0 bridgehead atoms. The van der Waals surface area contributed by atoms with Crippen LogP contribution in [0.5, 0.6) is 0 Å². The van der Waals surface area contributed by atoms with Crippen molar-refractivity contribution in [2.45, 2.75) is 24.5 Å². The molecule has 0 aliphatic carbocycles. The maximum absolute atomic E-state index is 12.6. The van der Waals surface area contributed by atoms with Crippen molar-refractivity contribution in [2.24, 2.45) is 0 Å². The van der Waals surface area contributed by atoms with Crippen LogP contribution >= 0.6 is 15.9 Å². The highest BCUT2D eigenvalue weighted by atomic mass is 79.9. The second-order valence-electron chi connectivity index (χ2n) is 7.04. The van der Waals surface area contributed by atoms with Gasteiger partial charge in [0.25, 0.3) is 0 Å². The number of sulfone groups is 1. The zero-order valence-electron chi connectivity index (χ0n) is 15.3. The number of aromatic nitrogens is 1. The maximum atomic E-state index is 12.6. The molecule has 0 amide bonds. The van der Waals surface area contributed by atoms with Gasteiger partial charge in [-0.15, -0.1) is 0 Å². The van der Waals surface area contributed by atoms with Crippen LogP contribution in [0.1, 0.15) is 5.56 Å². The number of nitrogens with zero attached hydrogens (tertiary/aromatic N) is 1. The Morgan fingerprint density at radius 3 is 2.32 bits per heavy atom. The minimum absolute atomic E-state index is 0.205. The van der Waals surface area contributed by atoms with Gasteiger partial charge in [-0.2, -0.15) is 0 Å². The standard InChI is InChI=1S/C22H20BrNO3S/c1-15-7-9-21-19(11-15)20-12-16(23)8-10-22(20)24(21)13-17(25)14-28(26,27)18-5-3-2-4-6-18/h2-12,17,25H,13-14H2,1H3/t17-/m0/s1. The van der Waals surface area contributed by atoms with E-state index in [0.29, 0.717) is 0 Å². The summed E-state index contributed by atoms with van der Waals surface area (Å²) < 4.78 is 28.2. The van der Waals surface area contributed by atoms with Gasteiger partial charge < -0.3 is 9.67 Å². The number of benzene rings is 3. The van der Waals surface area contributed by atoms with E-state index < -0.39 is 15.9 Å². The van der Waals surface area contributed by atoms with Crippen molar-refractivity contribution in [3.8, 4) is 0 Å². The van der Waals surface area contributed by atoms with Gasteiger partial charge >= 0.3 is 0 Å². The Labute approximate surface area is 172 Å². The number of aryl methyl sites for hydroxylation is 1. The number of fused-ring (bicyclic) bond motifs is 3. The smallest absolute Gasteiger partial charge is 0.180 e. The fourth-order valence-electron chi connectivity index (χ4n) is 3.63. The van der Waals surface area contributed by atoms with Gasteiger partial charge in [0, 0.05) is 26.3 Å². The molecule has 0 radical (unpaired) electrons. The van der Waals surface area contributed by atoms with E-state index >= 15 is 0 Å². The van der Waals surface area contributed by atoms with Crippen LogP contribution in [0.25, 0.3) is 21.8 Å². The molecule has 4 nitrogen and oxygen atoms in total. The van der Waals surface area contributed by atoms with Crippen LogP contribution in [0.3, 0.4) is 0 Å². The monoisotopic (exact) mass is 457 g/mol. The summed E-state index contributed by atoms with van der Waals surface area (Å²) in [5.41, 5.74) is 3.11. The molecule has 1 atom stereocenters. The Hall–Kier alpha value is -2.15. The third-order valence-electron chi connectivity index (χ3n) is 4.89. The third-order valence-corrected chi connectivity index (χ3v) is 7.20. The average molecular weight is 458 g/mol. The zero-order chi connectivity index (χ0) is 19.9. The van der Waals surface area contributed by atoms with Crippen LogP contribution in [0, 0.1) is 6.92 Å². The molecule has 3 aromatic carbocycles. The Kier molecular flexibility index (Phi) is 5.04. The minimum Gasteiger partial charge on any atom is -0.390 e. The van der Waals surface area contributed by atoms with Gasteiger partial charge in [-0.25, -0.2) is 8.42 Å². The molecule has 0 unspecified atom stereocenters. The van der Waals surface area contributed by atoms with Crippen molar-refractivity contribution in [1.82, 2.24) is 4.57 Å². The van der Waals surface area contributed by atoms with Crippen molar-refractivity contribution in [2.75, 3.05) is 5.75 Å². The lowest BCUT2D eigenvalue weighted by molar-refractivity contribution is 0.179. The van der Waals surface area contributed by atoms with Gasteiger partial charge in [0.2, 0.25) is 0 Å². The number of rotatable bonds is 5. The normalized spacial score (nSPS) is 13.2. The second kappa shape index (κ2) is 7.35. The third kappa shape index (κ3) is 3.60. The molecule has 0 aliphatic heterocycles. The zero-order valence-corrected chi connectivity index (χ0v) is 17.7. The number of aliphatic hydroxyl groups is 1. The first kappa shape index (κ1) is 19.2. The molecule has 4 rings (SSSR count). The molecule has 0 saturated heterocycles. The van der Waals surface area contributed by atoms with Crippen molar-refractivity contribution >= 4 is 47.6 Å². The van der Waals surface area contributed by atoms with E-state index in [9.17, 15) is 13.5 Å². The van der Waals surface area contributed by atoms with E-state index in [1.807, 2.05) is 35.8 Å². The predicted octanol–water partition coefficient (Wildman–Crippen LogP) is 4.70. The van der Waals surface area contributed by atoms with E-state index in [0.717, 1.165) is 31.8 Å². The molecular weight excluding hydrogens is 438 g/mol. The fraction of sp³-hybridized carbons (Fsp3) is 0.182. The lowest BCUT2D eigenvalue weighted by Crippen LogP contribution is -2.25. The molecule has 1 heterocycles. The van der Waals surface area contributed by atoms with E-state index in [1.165, 1.54) is 0 Å². The van der Waals surface area contributed by atoms with Gasteiger partial charge in [0.15, 0.2) is 9.84 Å². The molecule has 6 heteroatoms. The lowest BCUT2D eigenvalue weighted by atomic mass is 10.1. The topological polar surface area (TPSA) is 59.3 Å². The number of aliphatic hydroxyl groups excluding tert-OH is 1. The molecule has 0 fully saturated rings. The SMILES string of the molecule is Cc1ccc2c(c1)c1cc(Br)ccc1n2C[C@H](O)CS(=O)(=O)c1ccccc1. The average Bonchev–Trinajstić information content (AvgIpc) is 2.94. The lowest BCUT2D eigenvalue weighted by Gasteiger charge is -2.14. The van der Waals surface area contributed by atoms with Crippen molar-refractivity contribution in [3.63, 3.8) is 0 Å². The number of halogens is 1. The Bertz CT molecular complexity index is 1200. The highest BCUT2D eigenvalue weighted by Gasteiger charge is 2.21. The van der Waals surface area contributed by atoms with Gasteiger partial charge in [-0.05, 0) is 49.4 Å². The summed E-state index contributed by atoms with van der Waals surface area (Å²) in [6.45, 7) is 2.25. The van der Waals surface area contributed by atoms with Crippen molar-refractivity contribution < 1.29 is 13.5 Å². The quantitative estimate of drug-likeness (QED) is 0.472. The summed E-state index contributed by atoms with van der Waals surface area (Å²) in [5.74, 6) is -0.319. The van der Waals surface area contributed by atoms with Crippen LogP contribution in [0.2, 0.25) is 0 Å². The molecule has 0 aliphatic rings. The Balaban J connectivity index is 1.73. The first-order chi connectivity index (χ1) is 13.3. The van der Waals surface area contributed by atoms with Gasteiger partial charge in [-0.3, -0.25) is 0 Å². The Morgan fingerprint density at radius 2 is 1.61 bits per heavy atom. The van der Waals surface area contributed by atoms with Gasteiger partial charge in [0.05, 0.1) is 23.3 Å². The first-order valence-electron chi connectivity index (χ1n) is 8.99. The predicted molar refractivity (Wildman–Crippen MR) is 116 cm³/mol. The molecule has 4 aromatic rings. The highest BCUT2D eigenvalue weighted by Crippen LogP contribution is 2.32. The molecule has 144 valence electrons. The van der Waals surface area contributed by atoms with Gasteiger partial charge in [0.1, 0.15) is 0 Å². The number of hydrogen-bond acceptors (Lipinski definition) is 3. The molecular formula is C22H20BrNO3S. The second-order valence-corrected chi connectivity index (χ2v) is 9.99. The van der Waals surface area contributed by atoms with Crippen molar-refractivity contribution in [1.29, 1.82) is 0 Å². The molecule has 0 saturated carbocycles. The fourth-order valence-corrected chi connectivity index (χ4v) is 5.36. The van der Waals surface area contributed by atoms with Crippen LogP contribution < -0.4 is 0 Å². The van der Waals surface area contributed by atoms with Crippen LogP contribution in [0.15, 0.2) is 76.1 Å². The summed E-state index contributed by atoms with van der Waals surface area (Å²) in [4.78, 5) is 0.232. The van der Waals surface area contributed by atoms with E-state index in [2.05, 4.69) is 28.1 Å². The van der Waals surface area contributed by atoms with Crippen LogP contribution in [-0.2, 0) is 16.4 Å². The largest absolute Gasteiger partial charge is 0.390 e. The summed E-state index contributed by atoms with van der Waals surface area (Å²) in [5, 5.41) is 12.8. The molecule has 0 spiro atoms. The van der Waals surface area contributed by atoms with E-state index in [1.54, 1.807) is 30.3 Å². The summed E-state index contributed by atoms with van der Waals surface area (Å²) >= 11 is 3.52. The Morgan fingerprint density at radius 1 is 0.964 bits per heavy atom. The first-order valence-corrected chi connectivity index (χ1v) is 11.4. The van der Waals surface area contributed by atoms with Crippen molar-refractivity contribution in [3.05, 3.63) is 76.8 Å². The van der Waals surface area contributed by atoms with Gasteiger partial charge in [-0.1, -0.05) is 45.8 Å². The van der Waals surface area contributed by atoms with E-state index in [4.69, 9.17) is 0 Å². The minimum atomic E-state index is -3.55. The van der Waals surface area contributed by atoms with Crippen LogP contribution in [-0.4, -0.2) is 29.9 Å². The maximum Gasteiger partial charge on any atom is 0.180 e. The van der Waals surface area contributed by atoms with Crippen LogP contribution in [0.4, 0.5) is 0 Å². The number of hydrogen-bond donors (Lipinski definition) is 1. The molecule has 1 aromatic heterocycles. The molecule has 28 heavy (non-hydrogen) atoms. The summed E-state index contributed by atoms with van der Waals surface area (Å²) in [7, 11) is -3.55. The summed E-state index contributed by atoms with van der Waals surface area (Å²) in [6, 6.07) is 20.4. The van der Waals surface area contributed by atoms with E-state index in [-0.39, 0.29) is 17.2 Å². The molecule has 1 N–H and O–H groups in total. The summed E-state index contributed by atoms with van der Waals surface area (Å²) in [6.07, 6.45) is -1.02. The highest BCUT2D eigenvalue weighted by molar-refractivity contribution is 9.10.